The lowest BCUT2D eigenvalue weighted by atomic mass is 10.0. The lowest BCUT2D eigenvalue weighted by Gasteiger charge is -2.29. The van der Waals surface area contributed by atoms with Crippen LogP contribution in [0.1, 0.15) is 63.0 Å². The molecule has 0 aromatic heterocycles. The van der Waals surface area contributed by atoms with Gasteiger partial charge in [-0.25, -0.2) is 9.59 Å². The van der Waals surface area contributed by atoms with Crippen molar-refractivity contribution < 1.29 is 28.7 Å². The summed E-state index contributed by atoms with van der Waals surface area (Å²) >= 11 is 0. The third kappa shape index (κ3) is 5.87. The number of nitrogens with one attached hydrogen (secondary N) is 1. The Bertz CT molecular complexity index is 1170. The first kappa shape index (κ1) is 28.1. The second kappa shape index (κ2) is 12.0. The van der Waals surface area contributed by atoms with Crippen LogP contribution in [0.4, 0.5) is 4.79 Å². The first-order chi connectivity index (χ1) is 19.3. The van der Waals surface area contributed by atoms with Crippen LogP contribution in [0.15, 0.2) is 36.4 Å². The van der Waals surface area contributed by atoms with Crippen LogP contribution >= 0.6 is 0 Å². The van der Waals surface area contributed by atoms with Gasteiger partial charge in [0.05, 0.1) is 19.2 Å². The zero-order chi connectivity index (χ0) is 28.3. The Morgan fingerprint density at radius 3 is 2.75 bits per heavy atom. The SMILES string of the molecule is CCOC(=O)[C@@]12C[C@H]1C=CCCCCC[C@H](N)C(=O)N1C[C@H](OC(=O)N3CCc4ccccc4C3)C[C@H]1C(=O)N2. The number of hydrogen-bond donors (Lipinski definition) is 2. The molecule has 0 unspecified atom stereocenters. The number of amides is 3. The summed E-state index contributed by atoms with van der Waals surface area (Å²) in [6.07, 6.45) is 8.30. The molecular weight excluding hydrogens is 512 g/mol. The van der Waals surface area contributed by atoms with Crippen LogP contribution in [0.5, 0.6) is 0 Å². The van der Waals surface area contributed by atoms with Gasteiger partial charge in [0.1, 0.15) is 17.7 Å². The number of esters is 1. The highest BCUT2D eigenvalue weighted by Gasteiger charge is 2.62. The quantitative estimate of drug-likeness (QED) is 0.435. The van der Waals surface area contributed by atoms with Crippen LogP contribution in [-0.2, 0) is 36.8 Å². The topological polar surface area (TPSA) is 131 Å². The third-order valence-electron chi connectivity index (χ3n) is 8.58. The fourth-order valence-corrected chi connectivity index (χ4v) is 6.16. The molecule has 0 spiro atoms. The predicted molar refractivity (Wildman–Crippen MR) is 147 cm³/mol. The molecule has 3 amide bonds. The van der Waals surface area contributed by atoms with Gasteiger partial charge in [0.2, 0.25) is 11.8 Å². The molecule has 40 heavy (non-hydrogen) atoms. The molecule has 2 fully saturated rings. The van der Waals surface area contributed by atoms with Crippen LogP contribution in [0.2, 0.25) is 0 Å². The summed E-state index contributed by atoms with van der Waals surface area (Å²) in [7, 11) is 0. The van der Waals surface area contributed by atoms with E-state index in [-0.39, 0.29) is 31.4 Å². The lowest BCUT2D eigenvalue weighted by Crippen LogP contribution is -2.55. The van der Waals surface area contributed by atoms with Crippen molar-refractivity contribution in [3.05, 3.63) is 47.5 Å². The Morgan fingerprint density at radius 2 is 1.95 bits per heavy atom. The first-order valence-corrected chi connectivity index (χ1v) is 14.6. The Labute approximate surface area is 235 Å². The smallest absolute Gasteiger partial charge is 0.410 e. The molecule has 216 valence electrons. The molecule has 5 rings (SSSR count). The predicted octanol–water partition coefficient (Wildman–Crippen LogP) is 2.44. The van der Waals surface area contributed by atoms with Crippen molar-refractivity contribution in [3.8, 4) is 0 Å². The maximum atomic E-state index is 13.7. The Kier molecular flexibility index (Phi) is 8.44. The minimum Gasteiger partial charge on any atom is -0.464 e. The van der Waals surface area contributed by atoms with Crippen molar-refractivity contribution in [1.29, 1.82) is 0 Å². The number of benzene rings is 1. The summed E-state index contributed by atoms with van der Waals surface area (Å²) in [6, 6.07) is 6.36. The summed E-state index contributed by atoms with van der Waals surface area (Å²) in [6.45, 7) is 3.01. The maximum absolute atomic E-state index is 13.7. The lowest BCUT2D eigenvalue weighted by molar-refractivity contribution is -0.150. The minimum atomic E-state index is -1.14. The number of ether oxygens (including phenoxy) is 2. The molecule has 1 aromatic rings. The Balaban J connectivity index is 1.32. The monoisotopic (exact) mass is 552 g/mol. The van der Waals surface area contributed by atoms with Crippen molar-refractivity contribution >= 4 is 23.9 Å². The average Bonchev–Trinajstić information content (AvgIpc) is 3.48. The molecule has 1 aromatic carbocycles. The fourth-order valence-electron chi connectivity index (χ4n) is 6.16. The summed E-state index contributed by atoms with van der Waals surface area (Å²) in [5, 5.41) is 2.93. The molecule has 3 aliphatic heterocycles. The van der Waals surface area contributed by atoms with Crippen LogP contribution in [0, 0.1) is 5.92 Å². The standard InChI is InChI=1S/C30H40N4O6/c1-2-39-28(37)30-17-22(30)12-6-4-3-5-7-13-24(31)27(36)34-19-23(16-25(34)26(35)32-30)40-29(38)33-15-14-20-10-8-9-11-21(20)18-33/h6,8-12,22-25H,2-5,7,13-19,31H2,1H3,(H,32,35)/t22-,23-,24+,25+,30-/m1/s1. The van der Waals surface area contributed by atoms with E-state index in [2.05, 4.69) is 17.5 Å². The number of carbonyl (C=O) groups excluding carboxylic acids is 4. The van der Waals surface area contributed by atoms with Gasteiger partial charge in [-0.15, -0.1) is 0 Å². The molecule has 0 bridgehead atoms. The second-order valence-corrected chi connectivity index (χ2v) is 11.4. The molecular formula is C30H40N4O6. The minimum absolute atomic E-state index is 0.0799. The molecule has 5 atom stereocenters. The van der Waals surface area contributed by atoms with Gasteiger partial charge in [-0.3, -0.25) is 9.59 Å². The van der Waals surface area contributed by atoms with Crippen molar-refractivity contribution in [2.75, 3.05) is 19.7 Å². The third-order valence-corrected chi connectivity index (χ3v) is 8.58. The van der Waals surface area contributed by atoms with Gasteiger partial charge in [0.15, 0.2) is 0 Å². The number of nitrogens with two attached hydrogens (primary N) is 1. The summed E-state index contributed by atoms with van der Waals surface area (Å²) in [5.41, 5.74) is 7.46. The van der Waals surface area contributed by atoms with Crippen LogP contribution in [-0.4, -0.2) is 77.1 Å². The zero-order valence-corrected chi connectivity index (χ0v) is 23.2. The normalized spacial score (nSPS) is 30.6. The molecule has 10 heteroatoms. The van der Waals surface area contributed by atoms with E-state index in [1.54, 1.807) is 11.8 Å². The van der Waals surface area contributed by atoms with E-state index in [9.17, 15) is 19.2 Å². The van der Waals surface area contributed by atoms with Crippen molar-refractivity contribution in [2.45, 2.75) is 88.6 Å². The molecule has 3 N–H and O–H groups in total. The molecule has 0 radical (unpaired) electrons. The highest BCUT2D eigenvalue weighted by atomic mass is 16.6. The van der Waals surface area contributed by atoms with Crippen LogP contribution in [0.3, 0.4) is 0 Å². The van der Waals surface area contributed by atoms with E-state index in [1.165, 1.54) is 10.5 Å². The molecule has 10 nitrogen and oxygen atoms in total. The molecule has 1 saturated heterocycles. The van der Waals surface area contributed by atoms with Gasteiger partial charge in [0.25, 0.3) is 0 Å². The van der Waals surface area contributed by atoms with Crippen LogP contribution < -0.4 is 11.1 Å². The number of rotatable bonds is 3. The number of carbonyl (C=O) groups is 4. The largest absolute Gasteiger partial charge is 0.464 e. The maximum Gasteiger partial charge on any atom is 0.410 e. The molecule has 1 aliphatic carbocycles. The first-order valence-electron chi connectivity index (χ1n) is 14.6. The fraction of sp³-hybridized carbons (Fsp3) is 0.600. The van der Waals surface area contributed by atoms with Crippen molar-refractivity contribution in [1.82, 2.24) is 15.1 Å². The Morgan fingerprint density at radius 1 is 1.15 bits per heavy atom. The molecule has 3 heterocycles. The van der Waals surface area contributed by atoms with E-state index in [4.69, 9.17) is 15.2 Å². The zero-order valence-electron chi connectivity index (χ0n) is 23.2. The van der Waals surface area contributed by atoms with Gasteiger partial charge in [-0.2, -0.15) is 0 Å². The van der Waals surface area contributed by atoms with E-state index in [0.29, 0.717) is 25.9 Å². The van der Waals surface area contributed by atoms with Crippen molar-refractivity contribution in [2.24, 2.45) is 11.7 Å². The van der Waals surface area contributed by atoms with Gasteiger partial charge in [-0.1, -0.05) is 49.3 Å². The summed E-state index contributed by atoms with van der Waals surface area (Å²) in [4.78, 5) is 56.3. The Hall–Kier alpha value is -3.40. The molecule has 1 saturated carbocycles. The average molecular weight is 553 g/mol. The van der Waals surface area contributed by atoms with Gasteiger partial charge >= 0.3 is 12.1 Å². The van der Waals surface area contributed by atoms with Gasteiger partial charge in [-0.05, 0) is 50.2 Å². The van der Waals surface area contributed by atoms with E-state index in [1.807, 2.05) is 24.3 Å². The highest BCUT2D eigenvalue weighted by molar-refractivity contribution is 5.96. The number of allylic oxidation sites excluding steroid dienone is 1. The van der Waals surface area contributed by atoms with Gasteiger partial charge in [0, 0.05) is 25.4 Å². The number of nitrogens with zero attached hydrogens (tertiary/aromatic N) is 2. The van der Waals surface area contributed by atoms with E-state index in [0.717, 1.165) is 37.7 Å². The van der Waals surface area contributed by atoms with Crippen LogP contribution in [0.25, 0.3) is 0 Å². The second-order valence-electron chi connectivity index (χ2n) is 11.4. The van der Waals surface area contributed by atoms with Crippen molar-refractivity contribution in [3.63, 3.8) is 0 Å². The highest BCUT2D eigenvalue weighted by Crippen LogP contribution is 2.46. The van der Waals surface area contributed by atoms with E-state index < -0.39 is 41.7 Å². The summed E-state index contributed by atoms with van der Waals surface area (Å²) < 4.78 is 11.2. The number of fused-ring (bicyclic) bond motifs is 3. The van der Waals surface area contributed by atoms with E-state index >= 15 is 0 Å². The number of hydrogen-bond acceptors (Lipinski definition) is 7. The van der Waals surface area contributed by atoms with Gasteiger partial charge < -0.3 is 30.3 Å². The molecule has 4 aliphatic rings. The summed E-state index contributed by atoms with van der Waals surface area (Å²) in [5.74, 6) is -1.42.